The van der Waals surface area contributed by atoms with Crippen molar-refractivity contribution in [2.24, 2.45) is 11.7 Å². The number of nitrogens with zero attached hydrogens (tertiary/aromatic N) is 1. The molecular formula is C16H22N2O5. The zero-order chi connectivity index (χ0) is 17.6. The first-order valence-corrected chi connectivity index (χ1v) is 7.25. The highest BCUT2D eigenvalue weighted by atomic mass is 16.4. The van der Waals surface area contributed by atoms with Crippen molar-refractivity contribution < 1.29 is 24.6 Å². The quantitative estimate of drug-likeness (QED) is 0.644. The molecule has 0 fully saturated rings. The van der Waals surface area contributed by atoms with E-state index >= 15 is 0 Å². The van der Waals surface area contributed by atoms with E-state index in [9.17, 15) is 24.6 Å². The van der Waals surface area contributed by atoms with Crippen LogP contribution in [0.4, 0.5) is 0 Å². The lowest BCUT2D eigenvalue weighted by atomic mass is 9.92. The summed E-state index contributed by atoms with van der Waals surface area (Å²) in [6.45, 7) is 1.45. The summed E-state index contributed by atoms with van der Waals surface area (Å²) in [5, 5.41) is 18.7. The fraction of sp³-hybridized carbons (Fsp3) is 0.438. The van der Waals surface area contributed by atoms with E-state index in [1.807, 2.05) is 6.07 Å². The van der Waals surface area contributed by atoms with E-state index in [0.717, 1.165) is 10.5 Å². The summed E-state index contributed by atoms with van der Waals surface area (Å²) in [5.74, 6) is -3.80. The maximum Gasteiger partial charge on any atom is 0.326 e. The van der Waals surface area contributed by atoms with Gasteiger partial charge in [0.1, 0.15) is 6.04 Å². The monoisotopic (exact) mass is 322 g/mol. The summed E-state index contributed by atoms with van der Waals surface area (Å²) < 4.78 is 0. The first kappa shape index (κ1) is 18.6. The van der Waals surface area contributed by atoms with Gasteiger partial charge in [-0.2, -0.15) is 0 Å². The van der Waals surface area contributed by atoms with Gasteiger partial charge >= 0.3 is 11.9 Å². The second kappa shape index (κ2) is 8.28. The Labute approximate surface area is 134 Å². The molecule has 0 aliphatic heterocycles. The number of rotatable bonds is 8. The SMILES string of the molecule is C[C@H](N)C(=O)N(C)[C@@H](CC(Cc1ccccc1)C(=O)O)C(=O)O. The van der Waals surface area contributed by atoms with Crippen molar-refractivity contribution in [2.75, 3.05) is 7.05 Å². The van der Waals surface area contributed by atoms with E-state index in [4.69, 9.17) is 5.73 Å². The molecule has 1 aromatic carbocycles. The normalized spacial score (nSPS) is 14.6. The Hall–Kier alpha value is -2.41. The van der Waals surface area contributed by atoms with Gasteiger partial charge in [0.25, 0.3) is 0 Å². The Morgan fingerprint density at radius 3 is 2.13 bits per heavy atom. The Morgan fingerprint density at radius 1 is 1.13 bits per heavy atom. The summed E-state index contributed by atoms with van der Waals surface area (Å²) in [4.78, 5) is 35.8. The van der Waals surface area contributed by atoms with Gasteiger partial charge in [-0.05, 0) is 25.3 Å². The van der Waals surface area contributed by atoms with Gasteiger partial charge in [0, 0.05) is 7.05 Å². The highest BCUT2D eigenvalue weighted by Crippen LogP contribution is 2.18. The summed E-state index contributed by atoms with van der Waals surface area (Å²) in [6, 6.07) is 6.86. The molecule has 0 aliphatic rings. The van der Waals surface area contributed by atoms with Crippen molar-refractivity contribution >= 4 is 17.8 Å². The molecule has 1 amide bonds. The van der Waals surface area contributed by atoms with Crippen LogP contribution < -0.4 is 5.73 Å². The van der Waals surface area contributed by atoms with Gasteiger partial charge in [0.05, 0.1) is 12.0 Å². The molecule has 1 rings (SSSR count). The third-order valence-electron chi connectivity index (χ3n) is 3.67. The predicted octanol–water partition coefficient (Wildman–Crippen LogP) is 0.579. The lowest BCUT2D eigenvalue weighted by Crippen LogP contribution is -2.49. The van der Waals surface area contributed by atoms with Gasteiger partial charge in [0.2, 0.25) is 5.91 Å². The largest absolute Gasteiger partial charge is 0.481 e. The summed E-state index contributed by atoms with van der Waals surface area (Å²) in [5.41, 5.74) is 6.28. The van der Waals surface area contributed by atoms with Crippen LogP contribution in [0.2, 0.25) is 0 Å². The van der Waals surface area contributed by atoms with Gasteiger partial charge in [-0.3, -0.25) is 9.59 Å². The lowest BCUT2D eigenvalue weighted by molar-refractivity contribution is -0.152. The Kier molecular flexibility index (Phi) is 6.71. The number of aliphatic carboxylic acids is 2. The molecule has 0 aromatic heterocycles. The van der Waals surface area contributed by atoms with Crippen LogP contribution in [0, 0.1) is 5.92 Å². The van der Waals surface area contributed by atoms with Crippen molar-refractivity contribution in [3.8, 4) is 0 Å². The summed E-state index contributed by atoms with van der Waals surface area (Å²) >= 11 is 0. The van der Waals surface area contributed by atoms with E-state index < -0.39 is 35.8 Å². The smallest absolute Gasteiger partial charge is 0.326 e. The molecule has 0 saturated heterocycles. The zero-order valence-electron chi connectivity index (χ0n) is 13.2. The molecule has 1 unspecified atom stereocenters. The molecule has 0 spiro atoms. The van der Waals surface area contributed by atoms with Crippen molar-refractivity contribution in [3.05, 3.63) is 35.9 Å². The van der Waals surface area contributed by atoms with Crippen LogP contribution in [-0.2, 0) is 20.8 Å². The summed E-state index contributed by atoms with van der Waals surface area (Å²) in [7, 11) is 1.33. The molecule has 7 nitrogen and oxygen atoms in total. The number of hydrogen-bond acceptors (Lipinski definition) is 4. The average molecular weight is 322 g/mol. The molecular weight excluding hydrogens is 300 g/mol. The average Bonchev–Trinajstić information content (AvgIpc) is 2.50. The number of carbonyl (C=O) groups is 3. The number of nitrogens with two attached hydrogens (primary N) is 1. The minimum atomic E-state index is -1.25. The van der Waals surface area contributed by atoms with E-state index in [0.29, 0.717) is 0 Å². The highest BCUT2D eigenvalue weighted by Gasteiger charge is 2.33. The number of likely N-dealkylation sites (N-methyl/N-ethyl adjacent to an activating group) is 1. The molecule has 7 heteroatoms. The van der Waals surface area contributed by atoms with E-state index in [1.165, 1.54) is 14.0 Å². The van der Waals surface area contributed by atoms with Crippen LogP contribution in [0.3, 0.4) is 0 Å². The van der Waals surface area contributed by atoms with Crippen LogP contribution in [0.15, 0.2) is 30.3 Å². The number of carboxylic acid groups (broad SMARTS) is 2. The van der Waals surface area contributed by atoms with Crippen LogP contribution in [0.1, 0.15) is 18.9 Å². The first-order chi connectivity index (χ1) is 10.7. The lowest BCUT2D eigenvalue weighted by Gasteiger charge is -2.28. The zero-order valence-corrected chi connectivity index (χ0v) is 13.2. The number of benzene rings is 1. The molecule has 0 aliphatic carbocycles. The van der Waals surface area contributed by atoms with Crippen LogP contribution in [-0.4, -0.2) is 52.1 Å². The van der Waals surface area contributed by atoms with E-state index in [1.54, 1.807) is 24.3 Å². The minimum Gasteiger partial charge on any atom is -0.481 e. The maximum absolute atomic E-state index is 11.9. The van der Waals surface area contributed by atoms with E-state index in [-0.39, 0.29) is 12.8 Å². The molecule has 126 valence electrons. The third-order valence-corrected chi connectivity index (χ3v) is 3.67. The Balaban J connectivity index is 2.92. The third kappa shape index (κ3) is 5.37. The second-order valence-electron chi connectivity index (χ2n) is 5.55. The number of carbonyl (C=O) groups excluding carboxylic acids is 1. The van der Waals surface area contributed by atoms with Crippen LogP contribution in [0.5, 0.6) is 0 Å². The van der Waals surface area contributed by atoms with Gasteiger partial charge in [-0.1, -0.05) is 30.3 Å². The number of hydrogen-bond donors (Lipinski definition) is 3. The standard InChI is InChI=1S/C16H22N2O5/c1-10(17)14(19)18(2)13(16(22)23)9-12(15(20)21)8-11-6-4-3-5-7-11/h3-7,10,12-13H,8-9,17H2,1-2H3,(H,20,21)(H,22,23)/t10-,12?,13-/m0/s1. The number of amides is 1. The van der Waals surface area contributed by atoms with Crippen molar-refractivity contribution in [2.45, 2.75) is 31.8 Å². The van der Waals surface area contributed by atoms with Crippen LogP contribution >= 0.6 is 0 Å². The van der Waals surface area contributed by atoms with Gasteiger partial charge < -0.3 is 20.8 Å². The van der Waals surface area contributed by atoms with Crippen molar-refractivity contribution in [1.29, 1.82) is 0 Å². The number of carboxylic acids is 2. The van der Waals surface area contributed by atoms with Gasteiger partial charge in [-0.15, -0.1) is 0 Å². The molecule has 0 bridgehead atoms. The minimum absolute atomic E-state index is 0.186. The molecule has 3 atom stereocenters. The topological polar surface area (TPSA) is 121 Å². The van der Waals surface area contributed by atoms with Gasteiger partial charge in [0.15, 0.2) is 0 Å². The molecule has 1 aromatic rings. The Bertz CT molecular complexity index is 559. The van der Waals surface area contributed by atoms with Gasteiger partial charge in [-0.25, -0.2) is 4.79 Å². The maximum atomic E-state index is 11.9. The molecule has 0 heterocycles. The Morgan fingerprint density at radius 2 is 1.70 bits per heavy atom. The fourth-order valence-electron chi connectivity index (χ4n) is 2.34. The molecule has 23 heavy (non-hydrogen) atoms. The first-order valence-electron chi connectivity index (χ1n) is 7.25. The fourth-order valence-corrected chi connectivity index (χ4v) is 2.34. The molecule has 0 saturated carbocycles. The summed E-state index contributed by atoms with van der Waals surface area (Å²) in [6.07, 6.45) is 0.00861. The van der Waals surface area contributed by atoms with Crippen LogP contribution in [0.25, 0.3) is 0 Å². The molecule has 4 N–H and O–H groups in total. The van der Waals surface area contributed by atoms with E-state index in [2.05, 4.69) is 0 Å². The second-order valence-corrected chi connectivity index (χ2v) is 5.55. The van der Waals surface area contributed by atoms with Crippen molar-refractivity contribution in [1.82, 2.24) is 4.90 Å². The highest BCUT2D eigenvalue weighted by molar-refractivity contribution is 5.86. The van der Waals surface area contributed by atoms with Crippen molar-refractivity contribution in [3.63, 3.8) is 0 Å². The predicted molar refractivity (Wildman–Crippen MR) is 83.7 cm³/mol. The molecule has 0 radical (unpaired) electrons.